The molecule has 9 heteroatoms. The smallest absolute Gasteiger partial charge is 0.343 e. The SMILES string of the molecule is COc1cc(C=NNC(=O)c2[nH]c3ccccc3c2-c2ccccc2Cl)ccc1OC(=O)c1ccc(Cl)cc1. The summed E-state index contributed by atoms with van der Waals surface area (Å²) in [7, 11) is 1.46. The predicted octanol–water partition coefficient (Wildman–Crippen LogP) is 7.13. The Morgan fingerprint density at radius 3 is 2.41 bits per heavy atom. The summed E-state index contributed by atoms with van der Waals surface area (Å²) in [6.45, 7) is 0. The Hall–Kier alpha value is -4.59. The van der Waals surface area contributed by atoms with Crippen molar-refractivity contribution in [2.24, 2.45) is 5.10 Å². The number of aromatic amines is 1. The van der Waals surface area contributed by atoms with Gasteiger partial charge in [0.2, 0.25) is 0 Å². The Morgan fingerprint density at radius 1 is 0.897 bits per heavy atom. The molecule has 0 aliphatic rings. The van der Waals surface area contributed by atoms with Crippen LogP contribution in [0.25, 0.3) is 22.0 Å². The molecule has 39 heavy (non-hydrogen) atoms. The number of fused-ring (bicyclic) bond motifs is 1. The summed E-state index contributed by atoms with van der Waals surface area (Å²) in [6, 6.07) is 26.2. The van der Waals surface area contributed by atoms with Gasteiger partial charge in [-0.3, -0.25) is 4.79 Å². The molecular weight excluding hydrogens is 537 g/mol. The molecule has 0 saturated heterocycles. The topological polar surface area (TPSA) is 92.8 Å². The van der Waals surface area contributed by atoms with Crippen molar-refractivity contribution in [3.05, 3.63) is 118 Å². The van der Waals surface area contributed by atoms with E-state index in [4.69, 9.17) is 32.7 Å². The van der Waals surface area contributed by atoms with Gasteiger partial charge in [0.1, 0.15) is 5.69 Å². The Balaban J connectivity index is 1.35. The minimum atomic E-state index is -0.550. The third-order valence-corrected chi connectivity index (χ3v) is 6.51. The number of amides is 1. The number of H-pyrrole nitrogens is 1. The lowest BCUT2D eigenvalue weighted by Gasteiger charge is -2.10. The second-order valence-electron chi connectivity index (χ2n) is 8.41. The molecule has 194 valence electrons. The Labute approximate surface area is 234 Å². The highest BCUT2D eigenvalue weighted by Crippen LogP contribution is 2.36. The Bertz CT molecular complexity index is 1710. The molecule has 0 spiro atoms. The maximum atomic E-state index is 13.2. The summed E-state index contributed by atoms with van der Waals surface area (Å²) in [5.41, 5.74) is 6.09. The van der Waals surface area contributed by atoms with Gasteiger partial charge in [-0.2, -0.15) is 5.10 Å². The zero-order valence-electron chi connectivity index (χ0n) is 20.6. The number of rotatable bonds is 7. The molecule has 1 aromatic heterocycles. The number of aromatic nitrogens is 1. The fourth-order valence-electron chi connectivity index (χ4n) is 4.07. The van der Waals surface area contributed by atoms with E-state index in [1.807, 2.05) is 42.5 Å². The van der Waals surface area contributed by atoms with Gasteiger partial charge in [0.25, 0.3) is 5.91 Å². The average Bonchev–Trinajstić information content (AvgIpc) is 3.34. The molecule has 0 saturated carbocycles. The van der Waals surface area contributed by atoms with Crippen LogP contribution >= 0.6 is 23.2 Å². The zero-order valence-corrected chi connectivity index (χ0v) is 22.1. The first kappa shape index (κ1) is 26.0. The first-order chi connectivity index (χ1) is 18.9. The van der Waals surface area contributed by atoms with Crippen molar-refractivity contribution in [3.8, 4) is 22.6 Å². The van der Waals surface area contributed by atoms with E-state index in [1.165, 1.54) is 13.3 Å². The molecule has 2 N–H and O–H groups in total. The van der Waals surface area contributed by atoms with Crippen LogP contribution in [-0.2, 0) is 0 Å². The Morgan fingerprint density at radius 2 is 1.64 bits per heavy atom. The van der Waals surface area contributed by atoms with E-state index in [2.05, 4.69) is 15.5 Å². The van der Waals surface area contributed by atoms with Crippen molar-refractivity contribution < 1.29 is 19.1 Å². The summed E-state index contributed by atoms with van der Waals surface area (Å²) < 4.78 is 10.9. The van der Waals surface area contributed by atoms with Crippen molar-refractivity contribution in [1.29, 1.82) is 0 Å². The lowest BCUT2D eigenvalue weighted by Crippen LogP contribution is -2.19. The van der Waals surface area contributed by atoms with Crippen molar-refractivity contribution in [2.45, 2.75) is 0 Å². The molecule has 5 rings (SSSR count). The van der Waals surface area contributed by atoms with Gasteiger partial charge in [0, 0.05) is 32.1 Å². The molecule has 0 radical (unpaired) electrons. The molecule has 5 aromatic rings. The van der Waals surface area contributed by atoms with Gasteiger partial charge < -0.3 is 14.5 Å². The summed E-state index contributed by atoms with van der Waals surface area (Å²) in [5, 5.41) is 6.03. The molecule has 0 bridgehead atoms. The quantitative estimate of drug-likeness (QED) is 0.0962. The number of benzene rings is 4. The highest BCUT2D eigenvalue weighted by Gasteiger charge is 2.20. The van der Waals surface area contributed by atoms with Crippen LogP contribution in [-0.4, -0.2) is 30.2 Å². The van der Waals surface area contributed by atoms with Gasteiger partial charge >= 0.3 is 5.97 Å². The first-order valence-electron chi connectivity index (χ1n) is 11.8. The highest BCUT2D eigenvalue weighted by atomic mass is 35.5. The maximum absolute atomic E-state index is 13.2. The minimum absolute atomic E-state index is 0.237. The molecule has 1 amide bonds. The third-order valence-electron chi connectivity index (χ3n) is 5.93. The van der Waals surface area contributed by atoms with Gasteiger partial charge in [-0.25, -0.2) is 10.2 Å². The molecule has 0 unspecified atom stereocenters. The number of hydrogen-bond donors (Lipinski definition) is 2. The predicted molar refractivity (Wildman–Crippen MR) is 153 cm³/mol. The first-order valence-corrected chi connectivity index (χ1v) is 12.5. The monoisotopic (exact) mass is 557 g/mol. The van der Waals surface area contributed by atoms with Crippen molar-refractivity contribution in [1.82, 2.24) is 10.4 Å². The number of nitrogens with one attached hydrogen (secondary N) is 2. The van der Waals surface area contributed by atoms with Crippen molar-refractivity contribution in [2.75, 3.05) is 7.11 Å². The molecule has 0 fully saturated rings. The number of para-hydroxylation sites is 1. The zero-order chi connectivity index (χ0) is 27.4. The minimum Gasteiger partial charge on any atom is -0.493 e. The van der Waals surface area contributed by atoms with E-state index >= 15 is 0 Å². The number of hydrogen-bond acceptors (Lipinski definition) is 5. The number of methoxy groups -OCH3 is 1. The number of nitrogens with zero attached hydrogens (tertiary/aromatic N) is 1. The number of hydrazone groups is 1. The van der Waals surface area contributed by atoms with Crippen LogP contribution < -0.4 is 14.9 Å². The second kappa shape index (κ2) is 11.4. The van der Waals surface area contributed by atoms with Crippen LogP contribution in [0.1, 0.15) is 26.4 Å². The molecule has 4 aromatic carbocycles. The fraction of sp³-hybridized carbons (Fsp3) is 0.0333. The average molecular weight is 558 g/mol. The molecule has 0 atom stereocenters. The molecule has 0 aliphatic heterocycles. The van der Waals surface area contributed by atoms with Crippen LogP contribution in [0.5, 0.6) is 11.5 Å². The Kier molecular flexibility index (Phi) is 7.63. The summed E-state index contributed by atoms with van der Waals surface area (Å²) >= 11 is 12.3. The van der Waals surface area contributed by atoms with E-state index in [0.29, 0.717) is 38.2 Å². The van der Waals surface area contributed by atoms with Crippen LogP contribution in [0.2, 0.25) is 10.0 Å². The van der Waals surface area contributed by atoms with Crippen LogP contribution in [0, 0.1) is 0 Å². The standard InChI is InChI=1S/C30H21Cl2N3O4/c1-38-26-16-18(10-15-25(26)39-30(37)19-11-13-20(31)14-12-19)17-33-35-29(36)28-27(21-6-2-4-8-23(21)32)22-7-3-5-9-24(22)34-28/h2-17,34H,1H3,(H,35,36). The van der Waals surface area contributed by atoms with Crippen molar-refractivity contribution >= 4 is 52.2 Å². The molecular formula is C30H21Cl2N3O4. The maximum Gasteiger partial charge on any atom is 0.343 e. The second-order valence-corrected chi connectivity index (χ2v) is 9.25. The van der Waals surface area contributed by atoms with Gasteiger partial charge in [-0.15, -0.1) is 0 Å². The number of halogens is 2. The largest absolute Gasteiger partial charge is 0.493 e. The van der Waals surface area contributed by atoms with E-state index in [-0.39, 0.29) is 5.75 Å². The van der Waals surface area contributed by atoms with E-state index in [1.54, 1.807) is 48.5 Å². The van der Waals surface area contributed by atoms with E-state index in [9.17, 15) is 9.59 Å². The number of ether oxygens (including phenoxy) is 2. The lowest BCUT2D eigenvalue weighted by molar-refractivity contribution is 0.0729. The number of esters is 1. The number of carbonyl (C=O) groups is 2. The van der Waals surface area contributed by atoms with Crippen LogP contribution in [0.3, 0.4) is 0 Å². The van der Waals surface area contributed by atoms with Gasteiger partial charge in [0.15, 0.2) is 11.5 Å². The summed E-state index contributed by atoms with van der Waals surface area (Å²) in [6.07, 6.45) is 1.46. The van der Waals surface area contributed by atoms with Gasteiger partial charge in [0.05, 0.1) is 18.9 Å². The van der Waals surface area contributed by atoms with Gasteiger partial charge in [-0.1, -0.05) is 59.6 Å². The highest BCUT2D eigenvalue weighted by molar-refractivity contribution is 6.34. The van der Waals surface area contributed by atoms with E-state index < -0.39 is 11.9 Å². The molecule has 7 nitrogen and oxygen atoms in total. The van der Waals surface area contributed by atoms with Crippen molar-refractivity contribution in [3.63, 3.8) is 0 Å². The number of carbonyl (C=O) groups excluding carboxylic acids is 2. The third kappa shape index (κ3) is 5.65. The van der Waals surface area contributed by atoms with E-state index in [0.717, 1.165) is 16.5 Å². The summed E-state index contributed by atoms with van der Waals surface area (Å²) in [4.78, 5) is 28.8. The molecule has 1 heterocycles. The van der Waals surface area contributed by atoms with Crippen LogP contribution in [0.4, 0.5) is 0 Å². The normalized spacial score (nSPS) is 11.1. The van der Waals surface area contributed by atoms with Crippen LogP contribution in [0.15, 0.2) is 96.1 Å². The van der Waals surface area contributed by atoms with Gasteiger partial charge in [-0.05, 0) is 60.2 Å². The lowest BCUT2D eigenvalue weighted by atomic mass is 10.0. The molecule has 0 aliphatic carbocycles. The summed E-state index contributed by atoms with van der Waals surface area (Å²) in [5.74, 6) is -0.422. The fourth-order valence-corrected chi connectivity index (χ4v) is 4.43.